The molecule has 1 atom stereocenters. The summed E-state index contributed by atoms with van der Waals surface area (Å²) < 4.78 is 31.0. The zero-order valence-electron chi connectivity index (χ0n) is 16.8. The number of para-hydroxylation sites is 1. The van der Waals surface area contributed by atoms with Crippen molar-refractivity contribution in [2.24, 2.45) is 0 Å². The monoisotopic (exact) mass is 404 g/mol. The van der Waals surface area contributed by atoms with Gasteiger partial charge in [-0.25, -0.2) is 8.42 Å². The highest BCUT2D eigenvalue weighted by Crippen LogP contribution is 2.24. The number of anilines is 1. The summed E-state index contributed by atoms with van der Waals surface area (Å²) in [6, 6.07) is 14.7. The molecule has 0 unspecified atom stereocenters. The number of aryl methyl sites for hydroxylation is 1. The number of nitrogens with zero attached hydrogens (tertiary/aromatic N) is 1. The summed E-state index contributed by atoms with van der Waals surface area (Å²) in [5, 5.41) is 2.95. The lowest BCUT2D eigenvalue weighted by Gasteiger charge is -2.23. The lowest BCUT2D eigenvalue weighted by Crippen LogP contribution is -2.32. The van der Waals surface area contributed by atoms with E-state index in [1.54, 1.807) is 13.2 Å². The summed E-state index contributed by atoms with van der Waals surface area (Å²) in [5.41, 5.74) is 2.50. The second kappa shape index (κ2) is 9.59. The normalized spacial score (nSPS) is 12.3. The number of rotatable bonds is 9. The predicted octanol–water partition coefficient (Wildman–Crippen LogP) is 3.43. The van der Waals surface area contributed by atoms with Crippen molar-refractivity contribution in [3.63, 3.8) is 0 Å². The van der Waals surface area contributed by atoms with Gasteiger partial charge in [0.2, 0.25) is 15.9 Å². The van der Waals surface area contributed by atoms with Crippen molar-refractivity contribution in [3.8, 4) is 5.75 Å². The van der Waals surface area contributed by atoms with Gasteiger partial charge >= 0.3 is 0 Å². The van der Waals surface area contributed by atoms with Crippen molar-refractivity contribution in [1.29, 1.82) is 0 Å². The summed E-state index contributed by atoms with van der Waals surface area (Å²) in [6.07, 6.45) is 1.84. The zero-order valence-corrected chi connectivity index (χ0v) is 17.6. The lowest BCUT2D eigenvalue weighted by molar-refractivity contribution is -0.121. The smallest absolute Gasteiger partial charge is 0.232 e. The number of ether oxygens (including phenoxy) is 1. The maximum absolute atomic E-state index is 12.3. The fourth-order valence-corrected chi connectivity index (χ4v) is 4.03. The molecule has 0 saturated carbocycles. The Morgan fingerprint density at radius 3 is 2.54 bits per heavy atom. The van der Waals surface area contributed by atoms with Crippen LogP contribution in [-0.2, 0) is 14.8 Å². The highest BCUT2D eigenvalue weighted by atomic mass is 32.2. The number of hydrogen-bond donors (Lipinski definition) is 1. The van der Waals surface area contributed by atoms with E-state index in [2.05, 4.69) is 5.32 Å². The Labute approximate surface area is 167 Å². The molecule has 1 N–H and O–H groups in total. The van der Waals surface area contributed by atoms with Crippen LogP contribution >= 0.6 is 0 Å². The molecular formula is C21H28N2O4S. The van der Waals surface area contributed by atoms with Crippen LogP contribution < -0.4 is 14.4 Å². The molecular weight excluding hydrogens is 376 g/mol. The molecule has 0 bridgehead atoms. The van der Waals surface area contributed by atoms with Gasteiger partial charge in [0, 0.05) is 18.5 Å². The van der Waals surface area contributed by atoms with Crippen molar-refractivity contribution in [3.05, 3.63) is 59.7 Å². The number of sulfonamides is 1. The molecule has 0 aliphatic carbocycles. The van der Waals surface area contributed by atoms with E-state index in [9.17, 15) is 13.2 Å². The Morgan fingerprint density at radius 1 is 1.18 bits per heavy atom. The van der Waals surface area contributed by atoms with E-state index in [-0.39, 0.29) is 24.9 Å². The highest BCUT2D eigenvalue weighted by Gasteiger charge is 2.18. The molecule has 152 valence electrons. The van der Waals surface area contributed by atoms with Crippen molar-refractivity contribution in [2.75, 3.05) is 24.2 Å². The molecule has 1 amide bonds. The molecule has 0 fully saturated rings. The standard InChI is InChI=1S/C21H28N2O4S/c1-16-9-7-10-18(15-16)23(28(4,25)26)14-8-13-21(24)22-17(2)19-11-5-6-12-20(19)27-3/h5-7,9-12,15,17H,8,13-14H2,1-4H3,(H,22,24)/t17-/m1/s1. The molecule has 0 aliphatic heterocycles. The van der Waals surface area contributed by atoms with E-state index in [0.29, 0.717) is 12.1 Å². The van der Waals surface area contributed by atoms with Crippen LogP contribution in [0.4, 0.5) is 5.69 Å². The number of amides is 1. The van der Waals surface area contributed by atoms with Crippen LogP contribution in [0.2, 0.25) is 0 Å². The second-order valence-electron chi connectivity index (χ2n) is 6.81. The van der Waals surface area contributed by atoms with Gasteiger partial charge in [-0.2, -0.15) is 0 Å². The molecule has 0 spiro atoms. The van der Waals surface area contributed by atoms with Gasteiger partial charge < -0.3 is 10.1 Å². The molecule has 7 heteroatoms. The summed E-state index contributed by atoms with van der Waals surface area (Å²) in [6.45, 7) is 4.06. The molecule has 0 radical (unpaired) electrons. The van der Waals surface area contributed by atoms with Gasteiger partial charge in [0.15, 0.2) is 0 Å². The van der Waals surface area contributed by atoms with Crippen LogP contribution in [0.15, 0.2) is 48.5 Å². The first-order chi connectivity index (χ1) is 13.2. The zero-order chi connectivity index (χ0) is 20.7. The largest absolute Gasteiger partial charge is 0.496 e. The number of carbonyl (C=O) groups excluding carboxylic acids is 1. The van der Waals surface area contributed by atoms with Crippen molar-refractivity contribution >= 4 is 21.6 Å². The average molecular weight is 405 g/mol. The maximum atomic E-state index is 12.3. The maximum Gasteiger partial charge on any atom is 0.232 e. The van der Waals surface area contributed by atoms with Crippen LogP contribution in [0.25, 0.3) is 0 Å². The Morgan fingerprint density at radius 2 is 1.89 bits per heavy atom. The van der Waals surface area contributed by atoms with Gasteiger partial charge in [0.05, 0.1) is 25.1 Å². The van der Waals surface area contributed by atoms with E-state index in [1.807, 2.05) is 56.3 Å². The lowest BCUT2D eigenvalue weighted by atomic mass is 10.1. The summed E-state index contributed by atoms with van der Waals surface area (Å²) in [7, 11) is -1.83. The number of methoxy groups -OCH3 is 1. The first kappa shape index (κ1) is 21.8. The molecule has 2 rings (SSSR count). The Bertz CT molecular complexity index is 912. The first-order valence-corrected chi connectivity index (χ1v) is 11.0. The topological polar surface area (TPSA) is 75.7 Å². The second-order valence-corrected chi connectivity index (χ2v) is 8.72. The fraction of sp³-hybridized carbons (Fsp3) is 0.381. The minimum absolute atomic E-state index is 0.129. The molecule has 0 aromatic heterocycles. The van der Waals surface area contributed by atoms with Crippen LogP contribution in [0, 0.1) is 6.92 Å². The molecule has 0 aliphatic rings. The SMILES string of the molecule is COc1ccccc1[C@@H](C)NC(=O)CCCN(c1cccc(C)c1)S(C)(=O)=O. The summed E-state index contributed by atoms with van der Waals surface area (Å²) in [4.78, 5) is 12.3. The number of nitrogens with one attached hydrogen (secondary N) is 1. The van der Waals surface area contributed by atoms with Crippen LogP contribution in [0.1, 0.15) is 36.9 Å². The summed E-state index contributed by atoms with van der Waals surface area (Å²) in [5.74, 6) is 0.592. The van der Waals surface area contributed by atoms with E-state index in [1.165, 1.54) is 10.6 Å². The van der Waals surface area contributed by atoms with Crippen molar-refractivity contribution in [1.82, 2.24) is 5.32 Å². The molecule has 6 nitrogen and oxygen atoms in total. The van der Waals surface area contributed by atoms with Gasteiger partial charge in [0.1, 0.15) is 5.75 Å². The molecule has 28 heavy (non-hydrogen) atoms. The van der Waals surface area contributed by atoms with Crippen LogP contribution in [-0.4, -0.2) is 34.2 Å². The number of hydrogen-bond acceptors (Lipinski definition) is 4. The number of benzene rings is 2. The first-order valence-electron chi connectivity index (χ1n) is 9.19. The minimum atomic E-state index is -3.42. The number of carbonyl (C=O) groups is 1. The van der Waals surface area contributed by atoms with Crippen LogP contribution in [0.3, 0.4) is 0 Å². The fourth-order valence-electron chi connectivity index (χ4n) is 3.07. The Hall–Kier alpha value is -2.54. The molecule has 2 aromatic rings. The van der Waals surface area contributed by atoms with Crippen molar-refractivity contribution in [2.45, 2.75) is 32.7 Å². The Kier molecular flexibility index (Phi) is 7.45. The van der Waals surface area contributed by atoms with Crippen LogP contribution in [0.5, 0.6) is 5.75 Å². The third-order valence-electron chi connectivity index (χ3n) is 4.44. The molecule has 0 heterocycles. The van der Waals surface area contributed by atoms with Gasteiger partial charge in [-0.05, 0) is 44.0 Å². The van der Waals surface area contributed by atoms with Gasteiger partial charge in [0.25, 0.3) is 0 Å². The highest BCUT2D eigenvalue weighted by molar-refractivity contribution is 7.92. The van der Waals surface area contributed by atoms with E-state index >= 15 is 0 Å². The molecule has 2 aromatic carbocycles. The van der Waals surface area contributed by atoms with Gasteiger partial charge in [-0.3, -0.25) is 9.10 Å². The minimum Gasteiger partial charge on any atom is -0.496 e. The summed E-state index contributed by atoms with van der Waals surface area (Å²) >= 11 is 0. The average Bonchev–Trinajstić information content (AvgIpc) is 2.64. The van der Waals surface area contributed by atoms with E-state index in [0.717, 1.165) is 16.9 Å². The quantitative estimate of drug-likeness (QED) is 0.695. The van der Waals surface area contributed by atoms with E-state index in [4.69, 9.17) is 4.74 Å². The van der Waals surface area contributed by atoms with Crippen molar-refractivity contribution < 1.29 is 17.9 Å². The Balaban J connectivity index is 1.96. The van der Waals surface area contributed by atoms with E-state index < -0.39 is 10.0 Å². The third-order valence-corrected chi connectivity index (χ3v) is 5.63. The predicted molar refractivity (Wildman–Crippen MR) is 112 cm³/mol. The third kappa shape index (κ3) is 5.99. The van der Waals surface area contributed by atoms with Gasteiger partial charge in [-0.15, -0.1) is 0 Å². The van der Waals surface area contributed by atoms with Gasteiger partial charge in [-0.1, -0.05) is 30.3 Å². The molecule has 0 saturated heterocycles.